The summed E-state index contributed by atoms with van der Waals surface area (Å²) in [6.45, 7) is 1.68. The van der Waals surface area contributed by atoms with Gasteiger partial charge in [0.25, 0.3) is 5.91 Å². The van der Waals surface area contributed by atoms with Crippen molar-refractivity contribution in [3.05, 3.63) is 64.2 Å². The second-order valence-electron chi connectivity index (χ2n) is 5.28. The summed E-state index contributed by atoms with van der Waals surface area (Å²) >= 11 is 5.89. The lowest BCUT2D eigenvalue weighted by Crippen LogP contribution is -2.30. The molecule has 2 aromatic carbocycles. The lowest BCUT2D eigenvalue weighted by molar-refractivity contribution is -0.124. The number of rotatable bonds is 6. The summed E-state index contributed by atoms with van der Waals surface area (Å²) in [5.41, 5.74) is 1.61. The zero-order valence-corrected chi connectivity index (χ0v) is 14.0. The van der Waals surface area contributed by atoms with E-state index in [4.69, 9.17) is 16.3 Å². The number of carbonyl (C=O) groups excluding carboxylic acids is 2. The van der Waals surface area contributed by atoms with Crippen molar-refractivity contribution in [1.82, 2.24) is 5.32 Å². The fourth-order valence-corrected chi connectivity index (χ4v) is 2.34. The maximum Gasteiger partial charge on any atom is 0.342 e. The van der Waals surface area contributed by atoms with Crippen molar-refractivity contribution in [3.8, 4) is 5.75 Å². The van der Waals surface area contributed by atoms with Crippen molar-refractivity contribution in [1.29, 1.82) is 0 Å². The monoisotopic (exact) mass is 347 g/mol. The summed E-state index contributed by atoms with van der Waals surface area (Å²) in [7, 11) is 0. The van der Waals surface area contributed by atoms with Gasteiger partial charge in [-0.1, -0.05) is 35.9 Å². The van der Waals surface area contributed by atoms with Gasteiger partial charge in [-0.15, -0.1) is 0 Å². The van der Waals surface area contributed by atoms with Crippen molar-refractivity contribution in [2.45, 2.75) is 13.3 Å². The van der Waals surface area contributed by atoms with Gasteiger partial charge in [0.2, 0.25) is 0 Å². The van der Waals surface area contributed by atoms with Crippen LogP contribution in [-0.4, -0.2) is 30.1 Å². The predicted octanol–water partition coefficient (Wildman–Crippen LogP) is 2.87. The molecular weight excluding hydrogens is 330 g/mol. The highest BCUT2D eigenvalue weighted by atomic mass is 35.5. The van der Waals surface area contributed by atoms with E-state index in [0.29, 0.717) is 23.6 Å². The molecule has 0 bridgehead atoms. The molecule has 0 saturated heterocycles. The molecule has 2 aromatic rings. The quantitative estimate of drug-likeness (QED) is 0.788. The average Bonchev–Trinajstić information content (AvgIpc) is 2.55. The van der Waals surface area contributed by atoms with Gasteiger partial charge in [-0.2, -0.15) is 0 Å². The van der Waals surface area contributed by atoms with Crippen molar-refractivity contribution in [2.24, 2.45) is 0 Å². The van der Waals surface area contributed by atoms with Gasteiger partial charge < -0.3 is 15.2 Å². The molecule has 0 aromatic heterocycles. The number of esters is 1. The molecule has 1 amide bonds. The number of aromatic hydroxyl groups is 1. The third kappa shape index (κ3) is 4.99. The van der Waals surface area contributed by atoms with Gasteiger partial charge in [-0.05, 0) is 42.7 Å². The Bertz CT molecular complexity index is 746. The number of phenolic OH excluding ortho intramolecular Hbond substituents is 1. The molecule has 0 unspecified atom stereocenters. The smallest absolute Gasteiger partial charge is 0.342 e. The van der Waals surface area contributed by atoms with E-state index in [9.17, 15) is 14.7 Å². The maximum atomic E-state index is 11.9. The molecule has 5 nitrogen and oxygen atoms in total. The number of aryl methyl sites for hydroxylation is 1. The highest BCUT2D eigenvalue weighted by Crippen LogP contribution is 2.21. The standard InChI is InChI=1S/C18H18ClNO4/c1-12-4-2-7-15(17(12)22)18(23)24-11-16(21)20-9-8-13-5-3-6-14(19)10-13/h2-7,10,22H,8-9,11H2,1H3,(H,20,21). The van der Waals surface area contributed by atoms with Gasteiger partial charge in [-0.25, -0.2) is 4.79 Å². The summed E-state index contributed by atoms with van der Waals surface area (Å²) in [5, 5.41) is 13.1. The van der Waals surface area contributed by atoms with Gasteiger partial charge in [0.05, 0.1) is 0 Å². The first kappa shape index (κ1) is 17.8. The van der Waals surface area contributed by atoms with Gasteiger partial charge in [0, 0.05) is 11.6 Å². The molecule has 24 heavy (non-hydrogen) atoms. The van der Waals surface area contributed by atoms with Gasteiger partial charge in [-0.3, -0.25) is 4.79 Å². The zero-order valence-electron chi connectivity index (χ0n) is 13.2. The normalized spacial score (nSPS) is 10.2. The van der Waals surface area contributed by atoms with Crippen LogP contribution in [0.3, 0.4) is 0 Å². The predicted molar refractivity (Wildman–Crippen MR) is 91.3 cm³/mol. The average molecular weight is 348 g/mol. The lowest BCUT2D eigenvalue weighted by Gasteiger charge is -2.08. The number of hydrogen-bond donors (Lipinski definition) is 2. The Morgan fingerprint density at radius 1 is 1.21 bits per heavy atom. The fraction of sp³-hybridized carbons (Fsp3) is 0.222. The van der Waals surface area contributed by atoms with Crippen molar-refractivity contribution in [2.75, 3.05) is 13.2 Å². The summed E-state index contributed by atoms with van der Waals surface area (Å²) < 4.78 is 4.92. The molecule has 126 valence electrons. The van der Waals surface area contributed by atoms with Crippen LogP contribution >= 0.6 is 11.6 Å². The number of ether oxygens (including phenoxy) is 1. The van der Waals surface area contributed by atoms with E-state index >= 15 is 0 Å². The molecule has 0 saturated carbocycles. The van der Waals surface area contributed by atoms with Crippen LogP contribution in [-0.2, 0) is 16.0 Å². The van der Waals surface area contributed by atoms with E-state index in [0.717, 1.165) is 5.56 Å². The molecule has 0 spiro atoms. The molecule has 0 aliphatic rings. The third-order valence-corrected chi connectivity index (χ3v) is 3.65. The number of nitrogens with one attached hydrogen (secondary N) is 1. The topological polar surface area (TPSA) is 75.6 Å². The second-order valence-corrected chi connectivity index (χ2v) is 5.71. The van der Waals surface area contributed by atoms with Crippen LogP contribution < -0.4 is 5.32 Å². The molecule has 2 rings (SSSR count). The van der Waals surface area contributed by atoms with Gasteiger partial charge >= 0.3 is 5.97 Å². The Kier molecular flexibility index (Phi) is 6.21. The molecule has 6 heteroatoms. The lowest BCUT2D eigenvalue weighted by atomic mass is 10.1. The van der Waals surface area contributed by atoms with E-state index in [1.54, 1.807) is 25.1 Å². The van der Waals surface area contributed by atoms with Crippen LogP contribution in [0.5, 0.6) is 5.75 Å². The van der Waals surface area contributed by atoms with E-state index in [-0.39, 0.29) is 11.3 Å². The van der Waals surface area contributed by atoms with Crippen LogP contribution in [0.1, 0.15) is 21.5 Å². The minimum atomic E-state index is -0.735. The fourth-order valence-electron chi connectivity index (χ4n) is 2.12. The van der Waals surface area contributed by atoms with Crippen molar-refractivity contribution in [3.63, 3.8) is 0 Å². The molecule has 2 N–H and O–H groups in total. The SMILES string of the molecule is Cc1cccc(C(=O)OCC(=O)NCCc2cccc(Cl)c2)c1O. The van der Waals surface area contributed by atoms with Gasteiger partial charge in [0.1, 0.15) is 11.3 Å². The highest BCUT2D eigenvalue weighted by Gasteiger charge is 2.15. The number of hydrogen-bond acceptors (Lipinski definition) is 4. The summed E-state index contributed by atoms with van der Waals surface area (Å²) in [4.78, 5) is 23.6. The third-order valence-electron chi connectivity index (χ3n) is 3.42. The van der Waals surface area contributed by atoms with Crippen LogP contribution in [0.25, 0.3) is 0 Å². The molecule has 0 fully saturated rings. The minimum Gasteiger partial charge on any atom is -0.507 e. The van der Waals surface area contributed by atoms with E-state index in [1.807, 2.05) is 18.2 Å². The first-order chi connectivity index (χ1) is 11.5. The number of carbonyl (C=O) groups is 2. The number of para-hydroxylation sites is 1. The minimum absolute atomic E-state index is 0.0433. The number of benzene rings is 2. The van der Waals surface area contributed by atoms with E-state index < -0.39 is 18.5 Å². The second kappa shape index (κ2) is 8.36. The van der Waals surface area contributed by atoms with Crippen LogP contribution in [0.2, 0.25) is 5.02 Å². The Balaban J connectivity index is 1.76. The van der Waals surface area contributed by atoms with E-state index in [2.05, 4.69) is 5.32 Å². The summed E-state index contributed by atoms with van der Waals surface area (Å²) in [6.07, 6.45) is 0.624. The van der Waals surface area contributed by atoms with Crippen molar-refractivity contribution < 1.29 is 19.4 Å². The first-order valence-corrected chi connectivity index (χ1v) is 7.82. The number of halogens is 1. The zero-order chi connectivity index (χ0) is 17.5. The largest absolute Gasteiger partial charge is 0.507 e. The van der Waals surface area contributed by atoms with Crippen LogP contribution in [0.15, 0.2) is 42.5 Å². The Morgan fingerprint density at radius 3 is 2.71 bits per heavy atom. The Morgan fingerprint density at radius 2 is 1.96 bits per heavy atom. The summed E-state index contributed by atoms with van der Waals surface area (Å²) in [6, 6.07) is 12.1. The molecular formula is C18H18ClNO4. The van der Waals surface area contributed by atoms with Crippen LogP contribution in [0, 0.1) is 6.92 Å². The maximum absolute atomic E-state index is 11.9. The Labute approximate surface area is 145 Å². The molecule has 0 radical (unpaired) electrons. The molecule has 0 aliphatic carbocycles. The molecule has 0 heterocycles. The van der Waals surface area contributed by atoms with Crippen molar-refractivity contribution >= 4 is 23.5 Å². The summed E-state index contributed by atoms with van der Waals surface area (Å²) in [5.74, 6) is -1.28. The van der Waals surface area contributed by atoms with Crippen LogP contribution in [0.4, 0.5) is 0 Å². The number of phenols is 1. The van der Waals surface area contributed by atoms with Gasteiger partial charge in [0.15, 0.2) is 6.61 Å². The highest BCUT2D eigenvalue weighted by molar-refractivity contribution is 6.30. The molecule has 0 aliphatic heterocycles. The first-order valence-electron chi connectivity index (χ1n) is 7.44. The van der Waals surface area contributed by atoms with E-state index in [1.165, 1.54) is 6.07 Å². The Hall–Kier alpha value is -2.53. The number of amides is 1. The molecule has 0 atom stereocenters.